The molecule has 0 radical (unpaired) electrons. The summed E-state index contributed by atoms with van der Waals surface area (Å²) in [5.41, 5.74) is 5.13. The van der Waals surface area contributed by atoms with E-state index in [2.05, 4.69) is 5.32 Å². The molecule has 2 fully saturated rings. The summed E-state index contributed by atoms with van der Waals surface area (Å²) in [6.45, 7) is 2.49. The van der Waals surface area contributed by atoms with Gasteiger partial charge < -0.3 is 20.7 Å². The Morgan fingerprint density at radius 3 is 2.27 bits per heavy atom. The monoisotopic (exact) mass is 472 g/mol. The molecule has 0 bridgehead atoms. The predicted molar refractivity (Wildman–Crippen MR) is 124 cm³/mol. The highest BCUT2D eigenvalue weighted by atomic mass is 35.5. The van der Waals surface area contributed by atoms with Gasteiger partial charge in [-0.25, -0.2) is 9.18 Å². The molecule has 0 aliphatic carbocycles. The number of carbonyl (C=O) groups excluding carboxylic acids is 2. The van der Waals surface area contributed by atoms with E-state index in [-0.39, 0.29) is 42.5 Å². The molecule has 0 unspecified atom stereocenters. The van der Waals surface area contributed by atoms with Crippen LogP contribution in [0.3, 0.4) is 0 Å². The summed E-state index contributed by atoms with van der Waals surface area (Å²) in [7, 11) is 0. The Bertz CT molecular complexity index is 1020. The second kappa shape index (κ2) is 11.1. The SMILES string of the molecule is C1CCOC1.N#Cc1ccc(C2(F)CCN(C(=O)c3ccc(Cl)c(NC(N)=O)c3)CC2)cc1. The molecule has 3 amide bonds. The number of amides is 3. The molecular weight excluding hydrogens is 447 g/mol. The number of nitrogens with two attached hydrogens (primary N) is 1. The number of hydrogen-bond acceptors (Lipinski definition) is 4. The Morgan fingerprint density at radius 1 is 1.12 bits per heavy atom. The normalized spacial score (nSPS) is 16.8. The van der Waals surface area contributed by atoms with Crippen LogP contribution >= 0.6 is 11.6 Å². The van der Waals surface area contributed by atoms with Crippen molar-refractivity contribution in [1.29, 1.82) is 5.26 Å². The molecule has 3 N–H and O–H groups in total. The van der Waals surface area contributed by atoms with Crippen LogP contribution in [-0.4, -0.2) is 43.1 Å². The van der Waals surface area contributed by atoms with Crippen LogP contribution in [0.25, 0.3) is 0 Å². The number of urea groups is 1. The number of ether oxygens (including phenoxy) is 1. The zero-order valence-electron chi connectivity index (χ0n) is 18.2. The summed E-state index contributed by atoms with van der Waals surface area (Å²) in [6.07, 6.45) is 2.87. The van der Waals surface area contributed by atoms with Crippen molar-refractivity contribution in [2.24, 2.45) is 5.73 Å². The molecule has 9 heteroatoms. The Hall–Kier alpha value is -3.15. The Morgan fingerprint density at radius 2 is 1.76 bits per heavy atom. The molecule has 2 saturated heterocycles. The molecule has 2 aliphatic rings. The number of halogens is 2. The maximum absolute atomic E-state index is 15.3. The molecule has 2 heterocycles. The number of likely N-dealkylation sites (tertiary alicyclic amines) is 1. The van der Waals surface area contributed by atoms with Crippen LogP contribution in [-0.2, 0) is 10.4 Å². The summed E-state index contributed by atoms with van der Waals surface area (Å²) >= 11 is 5.99. The number of benzene rings is 2. The van der Waals surface area contributed by atoms with Gasteiger partial charge in [0.2, 0.25) is 0 Å². The summed E-state index contributed by atoms with van der Waals surface area (Å²) in [5.74, 6) is -0.272. The van der Waals surface area contributed by atoms with Crippen molar-refractivity contribution in [2.75, 3.05) is 31.6 Å². The number of anilines is 1. The summed E-state index contributed by atoms with van der Waals surface area (Å²) in [6, 6.07) is 12.2. The van der Waals surface area contributed by atoms with E-state index in [9.17, 15) is 9.59 Å². The number of rotatable bonds is 3. The van der Waals surface area contributed by atoms with Gasteiger partial charge in [0.15, 0.2) is 0 Å². The van der Waals surface area contributed by atoms with E-state index in [4.69, 9.17) is 27.3 Å². The van der Waals surface area contributed by atoms with Crippen molar-refractivity contribution in [3.05, 3.63) is 64.2 Å². The van der Waals surface area contributed by atoms with Gasteiger partial charge >= 0.3 is 6.03 Å². The first-order valence-electron chi connectivity index (χ1n) is 10.7. The van der Waals surface area contributed by atoms with Crippen LogP contribution < -0.4 is 11.1 Å². The summed E-state index contributed by atoms with van der Waals surface area (Å²) < 4.78 is 20.3. The van der Waals surface area contributed by atoms with E-state index in [1.54, 1.807) is 35.2 Å². The van der Waals surface area contributed by atoms with Crippen molar-refractivity contribution >= 4 is 29.2 Å². The van der Waals surface area contributed by atoms with Crippen molar-refractivity contribution in [1.82, 2.24) is 4.90 Å². The third-order valence-electron chi connectivity index (χ3n) is 5.67. The number of carbonyl (C=O) groups is 2. The fourth-order valence-corrected chi connectivity index (χ4v) is 3.94. The number of primary amides is 1. The zero-order valence-corrected chi connectivity index (χ0v) is 18.9. The van der Waals surface area contributed by atoms with Crippen molar-refractivity contribution in [3.8, 4) is 6.07 Å². The molecule has 174 valence electrons. The lowest BCUT2D eigenvalue weighted by atomic mass is 9.85. The summed E-state index contributed by atoms with van der Waals surface area (Å²) in [5, 5.41) is 11.5. The largest absolute Gasteiger partial charge is 0.381 e. The predicted octanol–water partition coefficient (Wildman–Crippen LogP) is 4.60. The molecular formula is C24H26ClFN4O3. The van der Waals surface area contributed by atoms with Gasteiger partial charge in [0.1, 0.15) is 5.67 Å². The minimum Gasteiger partial charge on any atom is -0.381 e. The summed E-state index contributed by atoms with van der Waals surface area (Å²) in [4.78, 5) is 25.4. The van der Waals surface area contributed by atoms with Crippen molar-refractivity contribution < 1.29 is 18.7 Å². The molecule has 0 spiro atoms. The van der Waals surface area contributed by atoms with Gasteiger partial charge in [-0.05, 0) is 48.7 Å². The third kappa shape index (κ3) is 6.44. The smallest absolute Gasteiger partial charge is 0.316 e. The van der Waals surface area contributed by atoms with E-state index < -0.39 is 11.7 Å². The highest BCUT2D eigenvalue weighted by Crippen LogP contribution is 2.37. The van der Waals surface area contributed by atoms with Crippen LogP contribution in [0, 0.1) is 11.3 Å². The molecule has 33 heavy (non-hydrogen) atoms. The maximum Gasteiger partial charge on any atom is 0.316 e. The van der Waals surface area contributed by atoms with Gasteiger partial charge in [-0.1, -0.05) is 23.7 Å². The highest BCUT2D eigenvalue weighted by molar-refractivity contribution is 6.33. The number of piperidine rings is 1. The Kier molecular flexibility index (Phi) is 8.26. The number of alkyl halides is 1. The molecule has 7 nitrogen and oxygen atoms in total. The van der Waals surface area contributed by atoms with E-state index in [1.165, 1.54) is 25.0 Å². The molecule has 0 atom stereocenters. The standard InChI is InChI=1S/C20H18ClFN4O2.C4H8O/c21-16-6-3-14(11-17(16)25-19(24)28)18(27)26-9-7-20(22,8-10-26)15-4-1-13(12-23)2-5-15;1-2-4-5-3-1/h1-6,11H,7-10H2,(H3,24,25,28);1-4H2. The van der Waals surface area contributed by atoms with E-state index in [1.807, 2.05) is 6.07 Å². The van der Waals surface area contributed by atoms with Gasteiger partial charge in [-0.2, -0.15) is 5.26 Å². The fraction of sp³-hybridized carbons (Fsp3) is 0.375. The first-order valence-corrected chi connectivity index (χ1v) is 11.1. The zero-order chi connectivity index (χ0) is 23.8. The van der Waals surface area contributed by atoms with E-state index in [0.717, 1.165) is 13.2 Å². The number of hydrogen-bond donors (Lipinski definition) is 2. The van der Waals surface area contributed by atoms with Gasteiger partial charge in [-0.15, -0.1) is 0 Å². The lowest BCUT2D eigenvalue weighted by Crippen LogP contribution is -2.43. The lowest BCUT2D eigenvalue weighted by Gasteiger charge is -2.36. The Balaban J connectivity index is 0.000000541. The average Bonchev–Trinajstić information content (AvgIpc) is 3.41. The quantitative estimate of drug-likeness (QED) is 0.680. The third-order valence-corrected chi connectivity index (χ3v) is 6.00. The number of nitrogens with one attached hydrogen (secondary N) is 1. The first-order chi connectivity index (χ1) is 15.8. The van der Waals surface area contributed by atoms with Crippen LogP contribution in [0.4, 0.5) is 14.9 Å². The van der Waals surface area contributed by atoms with Gasteiger partial charge in [0.05, 0.1) is 22.3 Å². The molecule has 0 saturated carbocycles. The molecule has 2 aromatic rings. The second-order valence-corrected chi connectivity index (χ2v) is 8.36. The molecule has 2 aliphatic heterocycles. The van der Waals surface area contributed by atoms with Gasteiger partial charge in [-0.3, -0.25) is 4.79 Å². The van der Waals surface area contributed by atoms with Crippen LogP contribution in [0.2, 0.25) is 5.02 Å². The lowest BCUT2D eigenvalue weighted by molar-refractivity contribution is 0.0421. The minimum atomic E-state index is -1.54. The highest BCUT2D eigenvalue weighted by Gasteiger charge is 2.37. The van der Waals surface area contributed by atoms with Crippen molar-refractivity contribution in [3.63, 3.8) is 0 Å². The average molecular weight is 473 g/mol. The maximum atomic E-state index is 15.3. The Labute approximate surface area is 197 Å². The van der Waals surface area contributed by atoms with Gasteiger partial charge in [0.25, 0.3) is 5.91 Å². The van der Waals surface area contributed by atoms with Crippen molar-refractivity contribution in [2.45, 2.75) is 31.4 Å². The molecule has 2 aromatic carbocycles. The van der Waals surface area contributed by atoms with E-state index >= 15 is 4.39 Å². The van der Waals surface area contributed by atoms with Gasteiger partial charge in [0, 0.05) is 44.7 Å². The first kappa shape index (κ1) is 24.5. The molecule has 4 rings (SSSR count). The topological polar surface area (TPSA) is 108 Å². The number of nitrogens with zero attached hydrogens (tertiary/aromatic N) is 2. The minimum absolute atomic E-state index is 0.157. The van der Waals surface area contributed by atoms with E-state index in [0.29, 0.717) is 16.7 Å². The van der Waals surface area contributed by atoms with Crippen LogP contribution in [0.15, 0.2) is 42.5 Å². The van der Waals surface area contributed by atoms with Crippen LogP contribution in [0.1, 0.15) is 47.2 Å². The fourth-order valence-electron chi connectivity index (χ4n) is 3.78. The number of nitriles is 1. The van der Waals surface area contributed by atoms with Crippen LogP contribution in [0.5, 0.6) is 0 Å². The second-order valence-electron chi connectivity index (χ2n) is 7.95. The molecule has 0 aromatic heterocycles.